The van der Waals surface area contributed by atoms with Gasteiger partial charge in [0.1, 0.15) is 0 Å². The minimum absolute atomic E-state index is 0.191. The first kappa shape index (κ1) is 25.9. The SMILES string of the molecule is CC[C@H]1[C@@H](O)[C@@H]2[C@H](CC[C@]3(C)[C@@H]([C@H](C)CCCNS(C)(=O)=O)CC[C@@H]23)[C@@]2(C)CC[C@@H](O)C[C@@H]12. The predicted octanol–water partition coefficient (Wildman–Crippen LogP) is 4.58. The third-order valence-electron chi connectivity index (χ3n) is 11.4. The van der Waals surface area contributed by atoms with E-state index in [2.05, 4.69) is 32.4 Å². The molecule has 0 aromatic carbocycles. The summed E-state index contributed by atoms with van der Waals surface area (Å²) < 4.78 is 25.4. The van der Waals surface area contributed by atoms with Crippen molar-refractivity contribution >= 4 is 10.0 Å². The van der Waals surface area contributed by atoms with Crippen molar-refractivity contribution in [1.29, 1.82) is 0 Å². The third-order valence-corrected chi connectivity index (χ3v) is 12.1. The molecule has 5 nitrogen and oxygen atoms in total. The summed E-state index contributed by atoms with van der Waals surface area (Å²) in [6, 6.07) is 0. The van der Waals surface area contributed by atoms with Crippen molar-refractivity contribution in [1.82, 2.24) is 4.72 Å². The monoisotopic (exact) mass is 483 g/mol. The number of sulfonamides is 1. The van der Waals surface area contributed by atoms with E-state index in [4.69, 9.17) is 0 Å². The molecule has 0 aliphatic heterocycles. The molecule has 0 unspecified atom stereocenters. The van der Waals surface area contributed by atoms with Crippen LogP contribution in [0.4, 0.5) is 0 Å². The summed E-state index contributed by atoms with van der Waals surface area (Å²) in [7, 11) is -3.11. The molecule has 3 N–H and O–H groups in total. The summed E-state index contributed by atoms with van der Waals surface area (Å²) in [5, 5.41) is 22.3. The van der Waals surface area contributed by atoms with E-state index < -0.39 is 10.0 Å². The summed E-state index contributed by atoms with van der Waals surface area (Å²) in [4.78, 5) is 0. The molecule has 0 aromatic heterocycles. The van der Waals surface area contributed by atoms with Crippen LogP contribution in [0.15, 0.2) is 0 Å². The van der Waals surface area contributed by atoms with Crippen LogP contribution in [0, 0.1) is 52.3 Å². The number of aliphatic hydroxyl groups is 2. The van der Waals surface area contributed by atoms with Gasteiger partial charge >= 0.3 is 0 Å². The zero-order valence-electron chi connectivity index (χ0n) is 21.6. The molecule has 0 heterocycles. The molecule has 0 spiro atoms. The molecule has 0 radical (unpaired) electrons. The molecule has 0 amide bonds. The number of rotatable bonds is 7. The fourth-order valence-corrected chi connectivity index (χ4v) is 10.3. The number of hydrogen-bond donors (Lipinski definition) is 3. The van der Waals surface area contributed by atoms with Gasteiger partial charge in [-0.15, -0.1) is 0 Å². The first-order valence-corrected chi connectivity index (χ1v) is 15.6. The van der Waals surface area contributed by atoms with Crippen molar-refractivity contribution in [3.63, 3.8) is 0 Å². The molecule has 6 heteroatoms. The van der Waals surface area contributed by atoms with E-state index in [1.807, 2.05) is 0 Å². The van der Waals surface area contributed by atoms with Crippen LogP contribution in [0.5, 0.6) is 0 Å². The fourth-order valence-electron chi connectivity index (χ4n) is 9.82. The minimum Gasteiger partial charge on any atom is -0.393 e. The summed E-state index contributed by atoms with van der Waals surface area (Å²) >= 11 is 0. The molecule has 4 fully saturated rings. The highest BCUT2D eigenvalue weighted by Gasteiger charge is 2.64. The summed E-state index contributed by atoms with van der Waals surface area (Å²) in [5.41, 5.74) is 0.535. The maximum atomic E-state index is 11.8. The summed E-state index contributed by atoms with van der Waals surface area (Å²) in [6.07, 6.45) is 11.6. The lowest BCUT2D eigenvalue weighted by Crippen LogP contribution is -2.62. The Balaban J connectivity index is 1.51. The van der Waals surface area contributed by atoms with Gasteiger partial charge in [0.15, 0.2) is 0 Å². The third kappa shape index (κ3) is 4.56. The second kappa shape index (κ2) is 9.37. The smallest absolute Gasteiger partial charge is 0.208 e. The van der Waals surface area contributed by atoms with Crippen LogP contribution in [-0.2, 0) is 10.0 Å². The van der Waals surface area contributed by atoms with Gasteiger partial charge in [-0.2, -0.15) is 0 Å². The van der Waals surface area contributed by atoms with Gasteiger partial charge in [-0.3, -0.25) is 0 Å². The van der Waals surface area contributed by atoms with Crippen molar-refractivity contribution in [2.75, 3.05) is 12.8 Å². The van der Waals surface area contributed by atoms with E-state index in [9.17, 15) is 18.6 Å². The molecule has 0 aromatic rings. The zero-order valence-corrected chi connectivity index (χ0v) is 22.4. The molecule has 4 aliphatic carbocycles. The zero-order chi connectivity index (χ0) is 24.2. The Morgan fingerprint density at radius 3 is 2.33 bits per heavy atom. The highest BCUT2D eigenvalue weighted by atomic mass is 32.2. The average molecular weight is 484 g/mol. The maximum Gasteiger partial charge on any atom is 0.208 e. The molecular formula is C27H49NO4S. The molecule has 192 valence electrons. The Morgan fingerprint density at radius 1 is 1.00 bits per heavy atom. The van der Waals surface area contributed by atoms with E-state index in [1.165, 1.54) is 31.9 Å². The van der Waals surface area contributed by atoms with E-state index >= 15 is 0 Å². The Hall–Kier alpha value is -0.170. The van der Waals surface area contributed by atoms with Gasteiger partial charge in [-0.05, 0) is 110 Å². The minimum atomic E-state index is -3.11. The molecule has 0 bridgehead atoms. The molecular weight excluding hydrogens is 434 g/mol. The number of nitrogens with one attached hydrogen (secondary N) is 1. The quantitative estimate of drug-likeness (QED) is 0.463. The van der Waals surface area contributed by atoms with Crippen LogP contribution in [-0.4, -0.2) is 43.6 Å². The molecule has 0 saturated heterocycles. The van der Waals surface area contributed by atoms with Crippen LogP contribution in [0.25, 0.3) is 0 Å². The Bertz CT molecular complexity index is 802. The van der Waals surface area contributed by atoms with Gasteiger partial charge in [0.05, 0.1) is 18.5 Å². The maximum absolute atomic E-state index is 11.8. The van der Waals surface area contributed by atoms with E-state index in [0.29, 0.717) is 48.0 Å². The van der Waals surface area contributed by atoms with Gasteiger partial charge in [-0.25, -0.2) is 13.1 Å². The Morgan fingerprint density at radius 2 is 1.67 bits per heavy atom. The van der Waals surface area contributed by atoms with Gasteiger partial charge in [0.2, 0.25) is 10.0 Å². The van der Waals surface area contributed by atoms with Crippen molar-refractivity contribution in [3.05, 3.63) is 0 Å². The molecule has 4 aliphatic rings. The van der Waals surface area contributed by atoms with Crippen molar-refractivity contribution in [2.45, 2.75) is 104 Å². The highest BCUT2D eigenvalue weighted by Crippen LogP contribution is 2.69. The van der Waals surface area contributed by atoms with Gasteiger partial charge in [-0.1, -0.05) is 34.1 Å². The summed E-state index contributed by atoms with van der Waals surface area (Å²) in [6.45, 7) is 10.2. The molecule has 4 rings (SSSR count). The Labute approximate surface area is 202 Å². The van der Waals surface area contributed by atoms with Crippen molar-refractivity contribution < 1.29 is 18.6 Å². The second-order valence-corrected chi connectivity index (χ2v) is 14.7. The standard InChI is InChI=1S/C27H49NO4S/c1-6-19-23-16-18(29)11-13-27(23,4)22-12-14-26(3)20(9-10-21(26)24(22)25(19)30)17(2)8-7-15-28-33(5,31)32/h17-25,28-30H,6-16H2,1-5H3/t17-,18-,19-,20-,21+,22+,23+,24+,25-,26-,27-/m1/s1. The van der Waals surface area contributed by atoms with Crippen LogP contribution in [0.2, 0.25) is 0 Å². The van der Waals surface area contributed by atoms with E-state index in [1.54, 1.807) is 0 Å². The van der Waals surface area contributed by atoms with E-state index in [0.717, 1.165) is 38.5 Å². The van der Waals surface area contributed by atoms with Gasteiger partial charge in [0, 0.05) is 6.54 Å². The second-order valence-electron chi connectivity index (χ2n) is 12.9. The van der Waals surface area contributed by atoms with Crippen molar-refractivity contribution in [2.24, 2.45) is 52.3 Å². The van der Waals surface area contributed by atoms with Crippen LogP contribution in [0.1, 0.15) is 91.9 Å². The summed E-state index contributed by atoms with van der Waals surface area (Å²) in [5.74, 6) is 3.57. The first-order chi connectivity index (χ1) is 15.4. The lowest BCUT2D eigenvalue weighted by Gasteiger charge is -2.64. The van der Waals surface area contributed by atoms with Gasteiger partial charge in [0.25, 0.3) is 0 Å². The fraction of sp³-hybridized carbons (Fsp3) is 1.00. The number of fused-ring (bicyclic) bond motifs is 5. The first-order valence-electron chi connectivity index (χ1n) is 13.7. The predicted molar refractivity (Wildman–Crippen MR) is 133 cm³/mol. The van der Waals surface area contributed by atoms with Crippen LogP contribution >= 0.6 is 0 Å². The van der Waals surface area contributed by atoms with Crippen LogP contribution in [0.3, 0.4) is 0 Å². The molecule has 4 saturated carbocycles. The number of aliphatic hydroxyl groups excluding tert-OH is 2. The lowest BCUT2D eigenvalue weighted by molar-refractivity contribution is -0.203. The highest BCUT2D eigenvalue weighted by molar-refractivity contribution is 7.88. The average Bonchev–Trinajstić information content (AvgIpc) is 3.09. The topological polar surface area (TPSA) is 86.6 Å². The largest absolute Gasteiger partial charge is 0.393 e. The molecule has 33 heavy (non-hydrogen) atoms. The Kier molecular flexibility index (Phi) is 7.35. The number of hydrogen-bond acceptors (Lipinski definition) is 4. The van der Waals surface area contributed by atoms with Crippen LogP contribution < -0.4 is 4.72 Å². The normalized spacial score (nSPS) is 48.6. The lowest BCUT2D eigenvalue weighted by atomic mass is 9.41. The van der Waals surface area contributed by atoms with Crippen molar-refractivity contribution in [3.8, 4) is 0 Å². The van der Waals surface area contributed by atoms with Gasteiger partial charge < -0.3 is 10.2 Å². The van der Waals surface area contributed by atoms with E-state index in [-0.39, 0.29) is 23.0 Å². The molecule has 11 atom stereocenters.